The van der Waals surface area contributed by atoms with Crippen molar-refractivity contribution in [2.24, 2.45) is 5.92 Å². The van der Waals surface area contributed by atoms with E-state index < -0.39 is 16.4 Å². The van der Waals surface area contributed by atoms with Crippen molar-refractivity contribution in [3.8, 4) is 0 Å². The molecule has 1 heterocycles. The molecule has 0 N–H and O–H groups in total. The molecule has 1 aliphatic rings. The van der Waals surface area contributed by atoms with E-state index in [-0.39, 0.29) is 0 Å². The molecule has 0 saturated carbocycles. The third-order valence-electron chi connectivity index (χ3n) is 3.80. The first-order valence-electron chi connectivity index (χ1n) is 6.75. The Morgan fingerprint density at radius 1 is 1.53 bits per heavy atom. The molecule has 0 spiro atoms. The topological polar surface area (TPSA) is 46.4 Å². The van der Waals surface area contributed by atoms with Crippen LogP contribution in [0.25, 0.3) is 0 Å². The maximum absolute atomic E-state index is 13.5. The van der Waals surface area contributed by atoms with E-state index in [1.54, 1.807) is 6.07 Å². The molecule has 1 aliphatic heterocycles. The molecule has 0 radical (unpaired) electrons. The summed E-state index contributed by atoms with van der Waals surface area (Å²) in [5.74, 6) is -0.0248. The number of likely N-dealkylation sites (tertiary alicyclic amines) is 1. The summed E-state index contributed by atoms with van der Waals surface area (Å²) in [7, 11) is 0. The quantitative estimate of drug-likeness (QED) is 0.620. The zero-order chi connectivity index (χ0) is 13.8. The highest BCUT2D eigenvalue weighted by Gasteiger charge is 2.20. The first-order chi connectivity index (χ1) is 9.10. The molecule has 104 valence electrons. The van der Waals surface area contributed by atoms with Crippen LogP contribution in [0, 0.1) is 21.8 Å². The van der Waals surface area contributed by atoms with Gasteiger partial charge in [0.25, 0.3) is 0 Å². The first-order valence-corrected chi connectivity index (χ1v) is 6.75. The summed E-state index contributed by atoms with van der Waals surface area (Å²) in [5, 5.41) is 10.6. The van der Waals surface area contributed by atoms with Crippen LogP contribution >= 0.6 is 0 Å². The molecule has 0 aliphatic carbocycles. The largest absolute Gasteiger partial charge is 0.304 e. The van der Waals surface area contributed by atoms with E-state index in [2.05, 4.69) is 11.8 Å². The van der Waals surface area contributed by atoms with E-state index >= 15 is 0 Å². The van der Waals surface area contributed by atoms with Crippen LogP contribution in [-0.4, -0.2) is 22.9 Å². The van der Waals surface area contributed by atoms with Gasteiger partial charge in [0.1, 0.15) is 0 Å². The predicted molar refractivity (Wildman–Crippen MR) is 71.3 cm³/mol. The van der Waals surface area contributed by atoms with Gasteiger partial charge in [0, 0.05) is 19.2 Å². The molecule has 1 saturated heterocycles. The first kappa shape index (κ1) is 13.9. The minimum absolute atomic E-state index is 0.450. The van der Waals surface area contributed by atoms with Crippen LogP contribution in [0.15, 0.2) is 18.2 Å². The molecule has 0 bridgehead atoms. The molecule has 1 aromatic carbocycles. The van der Waals surface area contributed by atoms with Gasteiger partial charge in [-0.2, -0.15) is 4.39 Å². The highest BCUT2D eigenvalue weighted by atomic mass is 19.1. The molecular formula is C14H19FN2O2. The maximum atomic E-state index is 13.5. The lowest BCUT2D eigenvalue weighted by molar-refractivity contribution is -0.387. The van der Waals surface area contributed by atoms with Crippen molar-refractivity contribution in [1.82, 2.24) is 4.90 Å². The van der Waals surface area contributed by atoms with Gasteiger partial charge in [0.05, 0.1) is 4.92 Å². The van der Waals surface area contributed by atoms with Crippen molar-refractivity contribution in [3.05, 3.63) is 39.7 Å². The average Bonchev–Trinajstić information content (AvgIpc) is 2.38. The fourth-order valence-electron chi connectivity index (χ4n) is 2.68. The van der Waals surface area contributed by atoms with Gasteiger partial charge in [-0.3, -0.25) is 15.0 Å². The van der Waals surface area contributed by atoms with E-state index in [9.17, 15) is 14.5 Å². The van der Waals surface area contributed by atoms with E-state index in [0.717, 1.165) is 24.6 Å². The summed E-state index contributed by atoms with van der Waals surface area (Å²) in [6.45, 7) is 4.93. The van der Waals surface area contributed by atoms with Gasteiger partial charge >= 0.3 is 5.69 Å². The molecule has 1 unspecified atom stereocenters. The van der Waals surface area contributed by atoms with Crippen molar-refractivity contribution in [1.29, 1.82) is 0 Å². The number of hydrogen-bond acceptors (Lipinski definition) is 3. The molecule has 0 amide bonds. The number of nitrogens with zero attached hydrogens (tertiary/aromatic N) is 2. The molecule has 1 atom stereocenters. The van der Waals surface area contributed by atoms with E-state index in [4.69, 9.17) is 0 Å². The Labute approximate surface area is 112 Å². The van der Waals surface area contributed by atoms with Gasteiger partial charge in [0.15, 0.2) is 0 Å². The summed E-state index contributed by atoms with van der Waals surface area (Å²) in [5.41, 5.74) is 0.355. The lowest BCUT2D eigenvalue weighted by Gasteiger charge is -2.32. The molecule has 4 nitrogen and oxygen atoms in total. The number of rotatable bonds is 4. The van der Waals surface area contributed by atoms with Gasteiger partial charge < -0.3 is 0 Å². The number of nitro groups is 1. The summed E-state index contributed by atoms with van der Waals surface area (Å²) < 4.78 is 13.5. The van der Waals surface area contributed by atoms with Crippen LogP contribution in [0.4, 0.5) is 10.1 Å². The van der Waals surface area contributed by atoms with Crippen molar-refractivity contribution in [3.63, 3.8) is 0 Å². The zero-order valence-corrected chi connectivity index (χ0v) is 11.1. The molecule has 1 aromatic rings. The van der Waals surface area contributed by atoms with E-state index in [0.29, 0.717) is 6.54 Å². The normalized spacial score (nSPS) is 20.4. The highest BCUT2D eigenvalue weighted by molar-refractivity contribution is 5.34. The zero-order valence-electron chi connectivity index (χ0n) is 11.1. The number of piperidine rings is 1. The number of hydrogen-bond donors (Lipinski definition) is 0. The van der Waals surface area contributed by atoms with Gasteiger partial charge in [-0.1, -0.05) is 19.4 Å². The van der Waals surface area contributed by atoms with E-state index in [1.165, 1.54) is 31.4 Å². The fourth-order valence-corrected chi connectivity index (χ4v) is 2.68. The van der Waals surface area contributed by atoms with Gasteiger partial charge in [-0.15, -0.1) is 0 Å². The minimum atomic E-state index is -0.744. The maximum Gasteiger partial charge on any atom is 0.304 e. The molecular weight excluding hydrogens is 247 g/mol. The van der Waals surface area contributed by atoms with Gasteiger partial charge in [-0.05, 0) is 36.9 Å². The second-order valence-electron chi connectivity index (χ2n) is 5.19. The Hall–Kier alpha value is -1.49. The van der Waals surface area contributed by atoms with E-state index in [1.807, 2.05) is 0 Å². The Bertz CT molecular complexity index is 465. The molecule has 19 heavy (non-hydrogen) atoms. The Balaban J connectivity index is 2.03. The number of halogens is 1. The van der Waals surface area contributed by atoms with Crippen molar-refractivity contribution in [2.45, 2.75) is 32.7 Å². The average molecular weight is 266 g/mol. The molecule has 5 heteroatoms. The Morgan fingerprint density at radius 2 is 2.32 bits per heavy atom. The van der Waals surface area contributed by atoms with Crippen LogP contribution in [0.2, 0.25) is 0 Å². The lowest BCUT2D eigenvalue weighted by atomic mass is 9.95. The third-order valence-corrected chi connectivity index (χ3v) is 3.80. The molecule has 1 fully saturated rings. The van der Waals surface area contributed by atoms with Crippen molar-refractivity contribution in [2.75, 3.05) is 13.1 Å². The van der Waals surface area contributed by atoms with Gasteiger partial charge in [-0.25, -0.2) is 0 Å². The van der Waals surface area contributed by atoms with Crippen LogP contribution in [0.1, 0.15) is 31.7 Å². The summed E-state index contributed by atoms with van der Waals surface area (Å²) in [4.78, 5) is 12.2. The van der Waals surface area contributed by atoms with Crippen LogP contribution < -0.4 is 0 Å². The SMILES string of the molecule is CCC1CCCN(Cc2ccc([N+](=O)[O-])c(F)c2)C1. The second kappa shape index (κ2) is 6.10. The van der Waals surface area contributed by atoms with Crippen molar-refractivity contribution >= 4 is 5.69 Å². The Morgan fingerprint density at radius 3 is 2.95 bits per heavy atom. The standard InChI is InChI=1S/C14H19FN2O2/c1-2-11-4-3-7-16(9-11)10-12-5-6-14(17(18)19)13(15)8-12/h5-6,8,11H,2-4,7,9-10H2,1H3. The summed E-state index contributed by atoms with van der Waals surface area (Å²) in [6, 6.07) is 4.19. The summed E-state index contributed by atoms with van der Waals surface area (Å²) in [6.07, 6.45) is 3.61. The van der Waals surface area contributed by atoms with Crippen LogP contribution in [0.5, 0.6) is 0 Å². The molecule has 0 aromatic heterocycles. The van der Waals surface area contributed by atoms with Crippen LogP contribution in [0.3, 0.4) is 0 Å². The monoisotopic (exact) mass is 266 g/mol. The van der Waals surface area contributed by atoms with Crippen LogP contribution in [-0.2, 0) is 6.54 Å². The third kappa shape index (κ3) is 3.50. The predicted octanol–water partition coefficient (Wildman–Crippen LogP) is 3.36. The highest BCUT2D eigenvalue weighted by Crippen LogP contribution is 2.23. The number of benzene rings is 1. The fraction of sp³-hybridized carbons (Fsp3) is 0.571. The minimum Gasteiger partial charge on any atom is -0.299 e. The second-order valence-corrected chi connectivity index (χ2v) is 5.19. The molecule has 2 rings (SSSR count). The van der Waals surface area contributed by atoms with Crippen molar-refractivity contribution < 1.29 is 9.31 Å². The van der Waals surface area contributed by atoms with Gasteiger partial charge in [0.2, 0.25) is 5.82 Å². The smallest absolute Gasteiger partial charge is 0.299 e. The summed E-state index contributed by atoms with van der Waals surface area (Å²) >= 11 is 0. The number of nitro benzene ring substituents is 1. The Kier molecular flexibility index (Phi) is 4.47. The lowest BCUT2D eigenvalue weighted by Crippen LogP contribution is -2.34.